The third-order valence-corrected chi connectivity index (χ3v) is 3.12. The zero-order valence-electron chi connectivity index (χ0n) is 9.37. The standard InChI is InChI=1S/C10H20N2O2/c1-7(2)10(14)5-12(6-10)9(13)8(3)11-4/h7-8,11,14H,5-6H2,1-4H3. The first kappa shape index (κ1) is 11.5. The van der Waals surface area contributed by atoms with Crippen molar-refractivity contribution in [3.05, 3.63) is 0 Å². The summed E-state index contributed by atoms with van der Waals surface area (Å²) in [6.45, 7) is 6.72. The molecular formula is C10H20N2O2. The highest BCUT2D eigenvalue weighted by Crippen LogP contribution is 2.28. The fourth-order valence-corrected chi connectivity index (χ4v) is 1.53. The van der Waals surface area contributed by atoms with Gasteiger partial charge >= 0.3 is 0 Å². The zero-order chi connectivity index (χ0) is 10.9. The molecule has 0 radical (unpaired) electrons. The molecule has 82 valence electrons. The number of β-amino-alcohol motifs (C(OH)–C–C–N with tert-alkyl or cyclic N) is 1. The van der Waals surface area contributed by atoms with Crippen LogP contribution in [-0.4, -0.2) is 47.7 Å². The molecule has 4 heteroatoms. The highest BCUT2D eigenvalue weighted by atomic mass is 16.3. The minimum Gasteiger partial charge on any atom is -0.386 e. The van der Waals surface area contributed by atoms with Gasteiger partial charge in [0.05, 0.1) is 19.1 Å². The van der Waals surface area contributed by atoms with Crippen LogP contribution in [0.2, 0.25) is 0 Å². The van der Waals surface area contributed by atoms with Gasteiger partial charge in [0.1, 0.15) is 5.60 Å². The number of aliphatic hydroxyl groups is 1. The zero-order valence-corrected chi connectivity index (χ0v) is 9.37. The number of carbonyl (C=O) groups is 1. The predicted molar refractivity (Wildman–Crippen MR) is 54.9 cm³/mol. The molecule has 1 fully saturated rings. The van der Waals surface area contributed by atoms with Gasteiger partial charge in [0.15, 0.2) is 0 Å². The minimum atomic E-state index is -0.664. The van der Waals surface area contributed by atoms with Gasteiger partial charge in [0.2, 0.25) is 5.91 Å². The third kappa shape index (κ3) is 1.91. The first-order valence-corrected chi connectivity index (χ1v) is 5.09. The molecule has 4 nitrogen and oxygen atoms in total. The molecule has 1 aliphatic heterocycles. The van der Waals surface area contributed by atoms with Crippen molar-refractivity contribution in [2.24, 2.45) is 5.92 Å². The van der Waals surface area contributed by atoms with Crippen molar-refractivity contribution >= 4 is 5.91 Å². The summed E-state index contributed by atoms with van der Waals surface area (Å²) in [7, 11) is 1.76. The molecule has 1 amide bonds. The first-order chi connectivity index (χ1) is 6.40. The summed E-state index contributed by atoms with van der Waals surface area (Å²) in [5.74, 6) is 0.272. The Balaban J connectivity index is 2.45. The predicted octanol–water partition coefficient (Wildman–Crippen LogP) is -0.176. The summed E-state index contributed by atoms with van der Waals surface area (Å²) < 4.78 is 0. The van der Waals surface area contributed by atoms with Crippen molar-refractivity contribution in [1.82, 2.24) is 10.2 Å². The lowest BCUT2D eigenvalue weighted by molar-refractivity contribution is -0.165. The number of hydrogen-bond acceptors (Lipinski definition) is 3. The van der Waals surface area contributed by atoms with Crippen LogP contribution in [0.15, 0.2) is 0 Å². The van der Waals surface area contributed by atoms with E-state index in [1.807, 2.05) is 20.8 Å². The highest BCUT2D eigenvalue weighted by Gasteiger charge is 2.46. The monoisotopic (exact) mass is 200 g/mol. The summed E-state index contributed by atoms with van der Waals surface area (Å²) in [4.78, 5) is 13.3. The maximum Gasteiger partial charge on any atom is 0.239 e. The lowest BCUT2D eigenvalue weighted by atomic mass is 9.82. The van der Waals surface area contributed by atoms with Gasteiger partial charge in [-0.25, -0.2) is 0 Å². The fraction of sp³-hybridized carbons (Fsp3) is 0.900. The average Bonchev–Trinajstić information content (AvgIpc) is 2.10. The van der Waals surface area contributed by atoms with Crippen LogP contribution in [0, 0.1) is 5.92 Å². The molecule has 0 saturated carbocycles. The van der Waals surface area contributed by atoms with E-state index < -0.39 is 5.60 Å². The normalized spacial score (nSPS) is 22.0. The Kier molecular flexibility index (Phi) is 3.17. The number of rotatable bonds is 3. The second-order valence-electron chi connectivity index (χ2n) is 4.46. The molecule has 1 rings (SSSR count). The van der Waals surface area contributed by atoms with E-state index in [9.17, 15) is 9.90 Å². The SMILES string of the molecule is CNC(C)C(=O)N1CC(O)(C(C)C)C1. The van der Waals surface area contributed by atoms with Gasteiger partial charge in [-0.1, -0.05) is 13.8 Å². The molecule has 0 aliphatic carbocycles. The summed E-state index contributed by atoms with van der Waals surface area (Å²) in [5, 5.41) is 12.8. The van der Waals surface area contributed by atoms with E-state index in [2.05, 4.69) is 5.32 Å². The number of nitrogens with zero attached hydrogens (tertiary/aromatic N) is 1. The van der Waals surface area contributed by atoms with Crippen molar-refractivity contribution in [2.75, 3.05) is 20.1 Å². The Morgan fingerprint density at radius 1 is 1.43 bits per heavy atom. The second kappa shape index (κ2) is 3.87. The smallest absolute Gasteiger partial charge is 0.239 e. The molecule has 0 aromatic heterocycles. The van der Waals surface area contributed by atoms with E-state index in [1.54, 1.807) is 11.9 Å². The maximum absolute atomic E-state index is 11.6. The summed E-state index contributed by atoms with van der Waals surface area (Å²) >= 11 is 0. The largest absolute Gasteiger partial charge is 0.386 e. The van der Waals surface area contributed by atoms with E-state index in [1.165, 1.54) is 0 Å². The molecule has 2 N–H and O–H groups in total. The fourth-order valence-electron chi connectivity index (χ4n) is 1.53. The summed E-state index contributed by atoms with van der Waals surface area (Å²) in [6, 6.07) is -0.160. The van der Waals surface area contributed by atoms with Crippen LogP contribution in [0.4, 0.5) is 0 Å². The van der Waals surface area contributed by atoms with Gasteiger partial charge in [-0.05, 0) is 19.9 Å². The molecule has 14 heavy (non-hydrogen) atoms. The van der Waals surface area contributed by atoms with Gasteiger partial charge < -0.3 is 15.3 Å². The van der Waals surface area contributed by atoms with Crippen LogP contribution >= 0.6 is 0 Å². The number of likely N-dealkylation sites (tertiary alicyclic amines) is 1. The van der Waals surface area contributed by atoms with E-state index in [0.717, 1.165) is 0 Å². The summed E-state index contributed by atoms with van der Waals surface area (Å²) in [5.41, 5.74) is -0.664. The number of carbonyl (C=O) groups excluding carboxylic acids is 1. The molecule has 0 aromatic rings. The Hall–Kier alpha value is -0.610. The quantitative estimate of drug-likeness (QED) is 0.664. The van der Waals surface area contributed by atoms with Gasteiger partial charge in [-0.2, -0.15) is 0 Å². The Morgan fingerprint density at radius 2 is 1.93 bits per heavy atom. The lowest BCUT2D eigenvalue weighted by Crippen LogP contribution is -2.67. The molecule has 1 atom stereocenters. The van der Waals surface area contributed by atoms with Crippen molar-refractivity contribution in [2.45, 2.75) is 32.4 Å². The lowest BCUT2D eigenvalue weighted by Gasteiger charge is -2.49. The molecule has 0 spiro atoms. The molecule has 0 bridgehead atoms. The molecule has 1 aliphatic rings. The summed E-state index contributed by atoms with van der Waals surface area (Å²) in [6.07, 6.45) is 0. The number of likely N-dealkylation sites (N-methyl/N-ethyl adjacent to an activating group) is 1. The Morgan fingerprint density at radius 3 is 2.29 bits per heavy atom. The van der Waals surface area contributed by atoms with Crippen LogP contribution in [0.25, 0.3) is 0 Å². The molecule has 1 heterocycles. The molecule has 1 unspecified atom stereocenters. The highest BCUT2D eigenvalue weighted by molar-refractivity contribution is 5.82. The van der Waals surface area contributed by atoms with E-state index in [-0.39, 0.29) is 17.9 Å². The van der Waals surface area contributed by atoms with E-state index >= 15 is 0 Å². The molecule has 0 aromatic carbocycles. The van der Waals surface area contributed by atoms with Gasteiger partial charge in [-0.15, -0.1) is 0 Å². The average molecular weight is 200 g/mol. The van der Waals surface area contributed by atoms with Crippen molar-refractivity contribution in [3.63, 3.8) is 0 Å². The molecular weight excluding hydrogens is 180 g/mol. The van der Waals surface area contributed by atoms with Crippen molar-refractivity contribution in [1.29, 1.82) is 0 Å². The molecule has 1 saturated heterocycles. The van der Waals surface area contributed by atoms with Crippen LogP contribution in [0.3, 0.4) is 0 Å². The van der Waals surface area contributed by atoms with Crippen LogP contribution < -0.4 is 5.32 Å². The maximum atomic E-state index is 11.6. The third-order valence-electron chi connectivity index (χ3n) is 3.12. The topological polar surface area (TPSA) is 52.6 Å². The second-order valence-corrected chi connectivity index (χ2v) is 4.46. The number of nitrogens with one attached hydrogen (secondary N) is 1. The van der Waals surface area contributed by atoms with E-state index in [0.29, 0.717) is 13.1 Å². The number of amides is 1. The first-order valence-electron chi connectivity index (χ1n) is 5.09. The van der Waals surface area contributed by atoms with Crippen LogP contribution in [-0.2, 0) is 4.79 Å². The van der Waals surface area contributed by atoms with Crippen molar-refractivity contribution in [3.8, 4) is 0 Å². The van der Waals surface area contributed by atoms with Crippen molar-refractivity contribution < 1.29 is 9.90 Å². The minimum absolute atomic E-state index is 0.0674. The van der Waals surface area contributed by atoms with E-state index in [4.69, 9.17) is 0 Å². The van der Waals surface area contributed by atoms with Gasteiger partial charge in [0.25, 0.3) is 0 Å². The van der Waals surface area contributed by atoms with Gasteiger partial charge in [-0.3, -0.25) is 4.79 Å². The number of hydrogen-bond donors (Lipinski definition) is 2. The Labute approximate surface area is 85.3 Å². The van der Waals surface area contributed by atoms with Crippen LogP contribution in [0.5, 0.6) is 0 Å². The van der Waals surface area contributed by atoms with Crippen LogP contribution in [0.1, 0.15) is 20.8 Å². The Bertz CT molecular complexity index is 222. The van der Waals surface area contributed by atoms with Gasteiger partial charge in [0, 0.05) is 0 Å².